The molecular weight excluding hydrogens is 168 g/mol. The zero-order valence-corrected chi connectivity index (χ0v) is 5.53. The van der Waals surface area contributed by atoms with E-state index in [0.717, 1.165) is 0 Å². The Balaban J connectivity index is 4.13. The lowest BCUT2D eigenvalue weighted by Crippen LogP contribution is -2.29. The topological polar surface area (TPSA) is 80.4 Å². The maximum atomic E-state index is 11.9. The second kappa shape index (κ2) is 3.02. The van der Waals surface area contributed by atoms with E-state index in [0.29, 0.717) is 0 Å². The van der Waals surface area contributed by atoms with Crippen LogP contribution in [-0.4, -0.2) is 19.9 Å². The predicted octanol–water partition coefficient (Wildman–Crippen LogP) is -0.324. The zero-order chi connectivity index (χ0) is 8.36. The van der Waals surface area contributed by atoms with Crippen molar-refractivity contribution in [2.75, 3.05) is 0 Å². The molecule has 1 amide bonds. The van der Waals surface area contributed by atoms with Gasteiger partial charge in [-0.05, 0) is 0 Å². The lowest BCUT2D eigenvalue weighted by molar-refractivity contribution is -0.121. The fourth-order valence-corrected chi connectivity index (χ4v) is 0.530. The van der Waals surface area contributed by atoms with E-state index < -0.39 is 28.7 Å². The first-order valence-corrected chi connectivity index (χ1v) is 3.24. The Morgan fingerprint density at radius 1 is 1.70 bits per heavy atom. The van der Waals surface area contributed by atoms with Crippen LogP contribution in [0.25, 0.3) is 0 Å². The maximum Gasteiger partial charge on any atom is 0.353 e. The summed E-state index contributed by atoms with van der Waals surface area (Å²) in [5, 5.41) is -3.92. The van der Waals surface area contributed by atoms with Crippen molar-refractivity contribution in [3.05, 3.63) is 0 Å². The van der Waals surface area contributed by atoms with Gasteiger partial charge in [-0.15, -0.1) is 0 Å². The van der Waals surface area contributed by atoms with Crippen LogP contribution in [0.4, 0.5) is 8.78 Å². The quantitative estimate of drug-likeness (QED) is 0.574. The van der Waals surface area contributed by atoms with Gasteiger partial charge < -0.3 is 10.3 Å². The normalized spacial score (nSPS) is 14.7. The first kappa shape index (κ1) is 9.44. The molecule has 60 valence electrons. The molecule has 0 saturated heterocycles. The third-order valence-electron chi connectivity index (χ3n) is 0.636. The first-order chi connectivity index (χ1) is 4.36. The van der Waals surface area contributed by atoms with Gasteiger partial charge in [0.05, 0.1) is 0 Å². The monoisotopic (exact) mass is 173 g/mol. The standard InChI is InChI=1S/C3H5F2NO3S/c4-3(5,10(8)9)1-2(6)7/h1H2,(H2,6,7)(H,8,9). The molecule has 0 aromatic carbocycles. The van der Waals surface area contributed by atoms with Gasteiger partial charge in [-0.3, -0.25) is 4.79 Å². The number of primary amides is 1. The molecule has 0 aromatic rings. The minimum atomic E-state index is -3.92. The van der Waals surface area contributed by atoms with Crippen LogP contribution in [0.3, 0.4) is 0 Å². The molecule has 1 unspecified atom stereocenters. The molecule has 7 heteroatoms. The number of carbonyl (C=O) groups is 1. The fourth-order valence-electron chi connectivity index (χ4n) is 0.265. The molecule has 0 radical (unpaired) electrons. The minimum Gasteiger partial charge on any atom is -0.369 e. The number of halogens is 2. The van der Waals surface area contributed by atoms with Gasteiger partial charge in [0.1, 0.15) is 6.42 Å². The minimum absolute atomic E-state index is 1.31. The molecule has 0 saturated carbocycles. The molecular formula is C3H5F2NO3S. The average molecular weight is 173 g/mol. The summed E-state index contributed by atoms with van der Waals surface area (Å²) in [4.78, 5) is 9.82. The summed E-state index contributed by atoms with van der Waals surface area (Å²) in [6.45, 7) is 0. The number of rotatable bonds is 3. The lowest BCUT2D eigenvalue weighted by Gasteiger charge is -2.07. The molecule has 0 aliphatic carbocycles. The molecule has 1 atom stereocenters. The summed E-state index contributed by atoms with van der Waals surface area (Å²) in [5.74, 6) is -1.31. The molecule has 0 bridgehead atoms. The van der Waals surface area contributed by atoms with Crippen LogP contribution in [0.2, 0.25) is 0 Å². The van der Waals surface area contributed by atoms with Crippen molar-refractivity contribution in [1.82, 2.24) is 0 Å². The van der Waals surface area contributed by atoms with Crippen LogP contribution in [0.15, 0.2) is 0 Å². The Bertz CT molecular complexity index is 171. The summed E-state index contributed by atoms with van der Waals surface area (Å²) in [7, 11) is 0. The van der Waals surface area contributed by atoms with Gasteiger partial charge in [0.15, 0.2) is 0 Å². The van der Waals surface area contributed by atoms with Crippen LogP contribution in [0, 0.1) is 0 Å². The van der Waals surface area contributed by atoms with Crippen molar-refractivity contribution in [2.24, 2.45) is 5.73 Å². The number of hydrogen-bond donors (Lipinski definition) is 2. The molecule has 10 heavy (non-hydrogen) atoms. The van der Waals surface area contributed by atoms with Crippen molar-refractivity contribution in [3.8, 4) is 0 Å². The van der Waals surface area contributed by atoms with Gasteiger partial charge in [0, 0.05) is 0 Å². The van der Waals surface area contributed by atoms with Crippen LogP contribution < -0.4 is 5.73 Å². The van der Waals surface area contributed by atoms with Gasteiger partial charge in [-0.25, -0.2) is 4.21 Å². The van der Waals surface area contributed by atoms with Gasteiger partial charge in [-0.1, -0.05) is 0 Å². The second-order valence-electron chi connectivity index (χ2n) is 1.53. The molecule has 3 N–H and O–H groups in total. The summed E-state index contributed by atoms with van der Waals surface area (Å²) < 4.78 is 41.4. The van der Waals surface area contributed by atoms with Crippen molar-refractivity contribution in [1.29, 1.82) is 0 Å². The summed E-state index contributed by atoms with van der Waals surface area (Å²) in [6, 6.07) is 0. The third kappa shape index (κ3) is 2.83. The van der Waals surface area contributed by atoms with E-state index in [4.69, 9.17) is 4.55 Å². The highest BCUT2D eigenvalue weighted by Gasteiger charge is 2.38. The molecule has 0 heterocycles. The lowest BCUT2D eigenvalue weighted by atomic mass is 10.4. The predicted molar refractivity (Wildman–Crippen MR) is 29.5 cm³/mol. The van der Waals surface area contributed by atoms with Gasteiger partial charge >= 0.3 is 5.25 Å². The number of hydrogen-bond acceptors (Lipinski definition) is 2. The smallest absolute Gasteiger partial charge is 0.353 e. The van der Waals surface area contributed by atoms with Crippen LogP contribution in [0.1, 0.15) is 6.42 Å². The van der Waals surface area contributed by atoms with Gasteiger partial charge in [0.2, 0.25) is 17.0 Å². The van der Waals surface area contributed by atoms with Crippen molar-refractivity contribution in [3.63, 3.8) is 0 Å². The Kier molecular flexibility index (Phi) is 2.85. The first-order valence-electron chi connectivity index (χ1n) is 2.13. The molecule has 0 aromatic heterocycles. The van der Waals surface area contributed by atoms with E-state index in [-0.39, 0.29) is 0 Å². The molecule has 0 rings (SSSR count). The van der Waals surface area contributed by atoms with Crippen molar-refractivity contribution < 1.29 is 22.3 Å². The van der Waals surface area contributed by atoms with E-state index in [9.17, 15) is 17.8 Å². The largest absolute Gasteiger partial charge is 0.369 e. The highest BCUT2D eigenvalue weighted by Crippen LogP contribution is 2.20. The summed E-state index contributed by atoms with van der Waals surface area (Å²) in [5.41, 5.74) is 4.35. The van der Waals surface area contributed by atoms with E-state index in [2.05, 4.69) is 5.73 Å². The van der Waals surface area contributed by atoms with Crippen molar-refractivity contribution in [2.45, 2.75) is 11.7 Å². The molecule has 4 nitrogen and oxygen atoms in total. The summed E-state index contributed by atoms with van der Waals surface area (Å²) >= 11 is -3.33. The molecule has 0 aliphatic heterocycles. The van der Waals surface area contributed by atoms with Crippen LogP contribution in [0.5, 0.6) is 0 Å². The molecule has 0 aliphatic rings. The number of carbonyl (C=O) groups excluding carboxylic acids is 1. The van der Waals surface area contributed by atoms with Crippen LogP contribution in [-0.2, 0) is 15.9 Å². The van der Waals surface area contributed by atoms with E-state index in [1.54, 1.807) is 0 Å². The van der Waals surface area contributed by atoms with E-state index in [1.165, 1.54) is 0 Å². The van der Waals surface area contributed by atoms with Crippen molar-refractivity contribution >= 4 is 17.0 Å². The number of amides is 1. The van der Waals surface area contributed by atoms with Gasteiger partial charge in [-0.2, -0.15) is 8.78 Å². The fraction of sp³-hybridized carbons (Fsp3) is 0.667. The third-order valence-corrected chi connectivity index (χ3v) is 1.29. The number of alkyl halides is 2. The average Bonchev–Trinajstić information content (AvgIpc) is 1.60. The van der Waals surface area contributed by atoms with Gasteiger partial charge in [0.25, 0.3) is 0 Å². The highest BCUT2D eigenvalue weighted by atomic mass is 32.2. The Hall–Kier alpha value is -0.560. The Morgan fingerprint density at radius 2 is 2.10 bits per heavy atom. The zero-order valence-electron chi connectivity index (χ0n) is 4.71. The SMILES string of the molecule is NC(=O)CC(F)(F)S(=O)O. The maximum absolute atomic E-state index is 11.9. The van der Waals surface area contributed by atoms with E-state index in [1.807, 2.05) is 0 Å². The van der Waals surface area contributed by atoms with E-state index >= 15 is 0 Å². The summed E-state index contributed by atoms with van der Waals surface area (Å²) in [6.07, 6.45) is -1.41. The van der Waals surface area contributed by atoms with Crippen LogP contribution >= 0.6 is 0 Å². The molecule has 0 spiro atoms. The second-order valence-corrected chi connectivity index (χ2v) is 2.63. The Morgan fingerprint density at radius 3 is 2.20 bits per heavy atom. The number of nitrogens with two attached hydrogens (primary N) is 1. The Labute approximate surface area is 57.7 Å². The highest BCUT2D eigenvalue weighted by molar-refractivity contribution is 7.80. The molecule has 0 fully saturated rings.